The van der Waals surface area contributed by atoms with Crippen LogP contribution in [0.5, 0.6) is 0 Å². The third kappa shape index (κ3) is 4.98. The first kappa shape index (κ1) is 19.2. The van der Waals surface area contributed by atoms with E-state index in [1.54, 1.807) is 23.1 Å². The molecule has 1 heterocycles. The molecule has 6 heteroatoms. The topological polar surface area (TPSA) is 38.0 Å². The van der Waals surface area contributed by atoms with E-state index in [0.717, 1.165) is 32.7 Å². The molecule has 1 amide bonds. The molecule has 26 heavy (non-hydrogen) atoms. The molecule has 3 N–H and O–H groups in total. The lowest BCUT2D eigenvalue weighted by Crippen LogP contribution is -3.29. The van der Waals surface area contributed by atoms with E-state index in [1.165, 1.54) is 10.5 Å². The van der Waals surface area contributed by atoms with Crippen molar-refractivity contribution in [3.8, 4) is 0 Å². The van der Waals surface area contributed by atoms with Gasteiger partial charge in [0.1, 0.15) is 32.7 Å². The molecule has 0 spiro atoms. The van der Waals surface area contributed by atoms with Crippen molar-refractivity contribution in [3.05, 3.63) is 64.1 Å². The first-order valence-electron chi connectivity index (χ1n) is 9.01. The number of nitrogens with one attached hydrogen (secondary N) is 3. The maximum atomic E-state index is 12.6. The normalized spacial score (nSPS) is 21.2. The van der Waals surface area contributed by atoms with Crippen LogP contribution in [0.1, 0.15) is 12.5 Å². The van der Waals surface area contributed by atoms with Crippen LogP contribution in [-0.4, -0.2) is 38.1 Å². The Hall–Kier alpha value is -1.59. The van der Waals surface area contributed by atoms with Gasteiger partial charge in [-0.2, -0.15) is 0 Å². The third-order valence-corrected chi connectivity index (χ3v) is 5.65. The zero-order valence-electron chi connectivity index (χ0n) is 14.9. The van der Waals surface area contributed by atoms with Gasteiger partial charge in [-0.3, -0.25) is 4.79 Å². The molecular formula is C20H25Cl2N3O+2. The fourth-order valence-corrected chi connectivity index (χ4v) is 3.78. The Kier molecular flexibility index (Phi) is 6.54. The van der Waals surface area contributed by atoms with E-state index in [-0.39, 0.29) is 11.9 Å². The smallest absolute Gasteiger partial charge is 0.282 e. The summed E-state index contributed by atoms with van der Waals surface area (Å²) in [5.74, 6) is -0.0179. The van der Waals surface area contributed by atoms with Crippen molar-refractivity contribution in [2.75, 3.05) is 31.5 Å². The highest BCUT2D eigenvalue weighted by atomic mass is 35.5. The molecule has 4 nitrogen and oxygen atoms in total. The Balaban J connectivity index is 1.52. The third-order valence-electron chi connectivity index (χ3n) is 5.09. The molecule has 1 saturated heterocycles. The summed E-state index contributed by atoms with van der Waals surface area (Å²) in [6.07, 6.45) is 0. The van der Waals surface area contributed by atoms with Gasteiger partial charge < -0.3 is 15.1 Å². The lowest BCUT2D eigenvalue weighted by atomic mass is 10.1. The highest BCUT2D eigenvalue weighted by molar-refractivity contribution is 6.35. The number of carbonyl (C=O) groups excluding carboxylic acids is 1. The summed E-state index contributed by atoms with van der Waals surface area (Å²) < 4.78 is 0. The van der Waals surface area contributed by atoms with Gasteiger partial charge in [0.15, 0.2) is 6.04 Å². The number of carbonyl (C=O) groups is 1. The fourth-order valence-electron chi connectivity index (χ4n) is 3.44. The largest absolute Gasteiger partial charge is 0.322 e. The van der Waals surface area contributed by atoms with Crippen molar-refractivity contribution in [2.24, 2.45) is 0 Å². The van der Waals surface area contributed by atoms with Gasteiger partial charge in [-0.05, 0) is 25.1 Å². The molecule has 1 atom stereocenters. The average Bonchev–Trinajstić information content (AvgIpc) is 2.65. The quantitative estimate of drug-likeness (QED) is 0.703. The molecule has 2 aromatic rings. The molecule has 0 aliphatic carbocycles. The number of piperazine rings is 1. The number of hydrogen-bond acceptors (Lipinski definition) is 1. The summed E-state index contributed by atoms with van der Waals surface area (Å²) in [6.45, 7) is 7.14. The summed E-state index contributed by atoms with van der Waals surface area (Å²) in [5.41, 5.74) is 1.94. The Labute approximate surface area is 164 Å². The van der Waals surface area contributed by atoms with Crippen LogP contribution in [0.4, 0.5) is 5.69 Å². The standard InChI is InChI=1S/C20H23Cl2N3O/c1-15(20(26)23-19-13-17(21)7-8-18(19)22)25-11-9-24(10-12-25)14-16-5-3-2-4-6-16/h2-8,13,15H,9-12,14H2,1H3,(H,23,26)/p+2/t15-/m0/s1. The maximum Gasteiger partial charge on any atom is 0.282 e. The zero-order chi connectivity index (χ0) is 18.5. The summed E-state index contributed by atoms with van der Waals surface area (Å²) >= 11 is 12.1. The second kappa shape index (κ2) is 8.87. The highest BCUT2D eigenvalue weighted by Crippen LogP contribution is 2.25. The summed E-state index contributed by atoms with van der Waals surface area (Å²) in [4.78, 5) is 15.5. The van der Waals surface area contributed by atoms with E-state index in [2.05, 4.69) is 29.6 Å². The molecule has 3 rings (SSSR count). The van der Waals surface area contributed by atoms with Gasteiger partial charge in [0.25, 0.3) is 5.91 Å². The molecule has 0 aromatic heterocycles. The minimum atomic E-state index is -0.122. The van der Waals surface area contributed by atoms with E-state index >= 15 is 0 Å². The van der Waals surface area contributed by atoms with Crippen LogP contribution in [0.2, 0.25) is 10.0 Å². The van der Waals surface area contributed by atoms with Crippen LogP contribution < -0.4 is 15.1 Å². The van der Waals surface area contributed by atoms with E-state index in [9.17, 15) is 4.79 Å². The van der Waals surface area contributed by atoms with E-state index in [1.807, 2.05) is 13.0 Å². The Bertz CT molecular complexity index is 746. The second-order valence-corrected chi connectivity index (χ2v) is 7.75. The first-order chi connectivity index (χ1) is 12.5. The lowest BCUT2D eigenvalue weighted by molar-refractivity contribution is -1.02. The van der Waals surface area contributed by atoms with E-state index < -0.39 is 0 Å². The van der Waals surface area contributed by atoms with Crippen molar-refractivity contribution in [3.63, 3.8) is 0 Å². The summed E-state index contributed by atoms with van der Waals surface area (Å²) in [6, 6.07) is 15.6. The van der Waals surface area contributed by atoms with Crippen LogP contribution in [0.25, 0.3) is 0 Å². The van der Waals surface area contributed by atoms with Crippen LogP contribution in [0.3, 0.4) is 0 Å². The van der Waals surface area contributed by atoms with Gasteiger partial charge >= 0.3 is 0 Å². The van der Waals surface area contributed by atoms with Gasteiger partial charge in [-0.15, -0.1) is 0 Å². The Morgan fingerprint density at radius 1 is 1.08 bits per heavy atom. The molecule has 0 unspecified atom stereocenters. The molecule has 138 valence electrons. The molecule has 0 radical (unpaired) electrons. The zero-order valence-corrected chi connectivity index (χ0v) is 16.4. The summed E-state index contributed by atoms with van der Waals surface area (Å²) in [5, 5.41) is 3.98. The van der Waals surface area contributed by atoms with Crippen molar-refractivity contribution < 1.29 is 14.6 Å². The van der Waals surface area contributed by atoms with E-state index in [4.69, 9.17) is 23.2 Å². The molecule has 1 aliphatic heterocycles. The van der Waals surface area contributed by atoms with Crippen molar-refractivity contribution in [2.45, 2.75) is 19.5 Å². The SMILES string of the molecule is C[C@@H](C(=O)Nc1cc(Cl)ccc1Cl)[NH+]1CC[NH+](Cc2ccccc2)CC1. The van der Waals surface area contributed by atoms with Crippen LogP contribution in [0.15, 0.2) is 48.5 Å². The van der Waals surface area contributed by atoms with Gasteiger partial charge in [-0.25, -0.2) is 0 Å². The highest BCUT2D eigenvalue weighted by Gasteiger charge is 2.31. The van der Waals surface area contributed by atoms with Crippen molar-refractivity contribution in [1.29, 1.82) is 0 Å². The predicted molar refractivity (Wildman–Crippen MR) is 106 cm³/mol. The van der Waals surface area contributed by atoms with Gasteiger partial charge in [0.2, 0.25) is 0 Å². The van der Waals surface area contributed by atoms with E-state index in [0.29, 0.717) is 15.7 Å². The summed E-state index contributed by atoms with van der Waals surface area (Å²) in [7, 11) is 0. The number of hydrogen-bond donors (Lipinski definition) is 3. The van der Waals surface area contributed by atoms with Gasteiger partial charge in [-0.1, -0.05) is 53.5 Å². The number of anilines is 1. The molecule has 0 bridgehead atoms. The number of halogens is 2. The number of benzene rings is 2. The van der Waals surface area contributed by atoms with Crippen molar-refractivity contribution >= 4 is 34.8 Å². The fraction of sp³-hybridized carbons (Fsp3) is 0.350. The van der Waals surface area contributed by atoms with Gasteiger partial charge in [0.05, 0.1) is 10.7 Å². The predicted octanol–water partition coefficient (Wildman–Crippen LogP) is 1.30. The average molecular weight is 394 g/mol. The molecule has 0 saturated carbocycles. The molecule has 2 aromatic carbocycles. The molecule has 1 aliphatic rings. The number of amides is 1. The maximum absolute atomic E-state index is 12.6. The van der Waals surface area contributed by atoms with Crippen LogP contribution >= 0.6 is 23.2 Å². The minimum absolute atomic E-state index is 0.0179. The number of rotatable bonds is 5. The first-order valence-corrected chi connectivity index (χ1v) is 9.76. The lowest BCUT2D eigenvalue weighted by Gasteiger charge is -2.32. The monoisotopic (exact) mass is 393 g/mol. The number of quaternary nitrogens is 2. The Morgan fingerprint density at radius 3 is 2.46 bits per heavy atom. The van der Waals surface area contributed by atoms with Gasteiger partial charge in [0, 0.05) is 10.6 Å². The second-order valence-electron chi connectivity index (χ2n) is 6.91. The molecule has 1 fully saturated rings. The van der Waals surface area contributed by atoms with Crippen molar-refractivity contribution in [1.82, 2.24) is 0 Å². The van der Waals surface area contributed by atoms with Crippen LogP contribution in [-0.2, 0) is 11.3 Å². The minimum Gasteiger partial charge on any atom is -0.322 e. The molecular weight excluding hydrogens is 369 g/mol. The van der Waals surface area contributed by atoms with Crippen LogP contribution in [0, 0.1) is 0 Å². The Morgan fingerprint density at radius 2 is 1.77 bits per heavy atom.